The Labute approximate surface area is 105 Å². The topological polar surface area (TPSA) is 51.2 Å². The summed E-state index contributed by atoms with van der Waals surface area (Å²) in [6.07, 6.45) is 3.41. The third-order valence-corrected chi connectivity index (χ3v) is 3.01. The van der Waals surface area contributed by atoms with Crippen LogP contribution in [-0.4, -0.2) is 29.6 Å². The molecule has 1 aromatic heterocycles. The molecular formula is C12H15ClN2O2. The van der Waals surface area contributed by atoms with Gasteiger partial charge in [-0.15, -0.1) is 0 Å². The van der Waals surface area contributed by atoms with E-state index >= 15 is 0 Å². The van der Waals surface area contributed by atoms with Crippen LogP contribution in [0.1, 0.15) is 30.3 Å². The Balaban J connectivity index is 1.97. The van der Waals surface area contributed by atoms with E-state index in [9.17, 15) is 4.79 Å². The Kier molecular flexibility index (Phi) is 3.97. The van der Waals surface area contributed by atoms with E-state index in [4.69, 9.17) is 16.3 Å². The highest BCUT2D eigenvalue weighted by atomic mass is 35.5. The molecule has 0 saturated carbocycles. The number of aromatic nitrogens is 1. The number of nitrogens with one attached hydrogen (secondary N) is 1. The van der Waals surface area contributed by atoms with Gasteiger partial charge in [-0.3, -0.25) is 9.78 Å². The molecule has 2 atom stereocenters. The lowest BCUT2D eigenvalue weighted by Gasteiger charge is -2.27. The molecule has 1 aromatic rings. The first-order valence-corrected chi connectivity index (χ1v) is 6.07. The first-order chi connectivity index (χ1) is 8.15. The summed E-state index contributed by atoms with van der Waals surface area (Å²) >= 11 is 5.81. The van der Waals surface area contributed by atoms with Crippen molar-refractivity contribution in [2.75, 3.05) is 6.61 Å². The zero-order chi connectivity index (χ0) is 12.3. The van der Waals surface area contributed by atoms with Gasteiger partial charge in [-0.25, -0.2) is 0 Å². The van der Waals surface area contributed by atoms with E-state index in [1.165, 1.54) is 6.20 Å². The molecular weight excluding hydrogens is 240 g/mol. The van der Waals surface area contributed by atoms with Gasteiger partial charge >= 0.3 is 0 Å². The number of hydrogen-bond donors (Lipinski definition) is 1. The number of hydrogen-bond acceptors (Lipinski definition) is 3. The number of pyridine rings is 1. The van der Waals surface area contributed by atoms with Crippen LogP contribution in [-0.2, 0) is 4.74 Å². The Bertz CT molecular complexity index is 411. The van der Waals surface area contributed by atoms with E-state index in [1.54, 1.807) is 12.1 Å². The quantitative estimate of drug-likeness (QED) is 0.879. The predicted octanol–water partition coefficient (Wildman–Crippen LogP) is 2.03. The van der Waals surface area contributed by atoms with Crippen molar-refractivity contribution < 1.29 is 9.53 Å². The molecule has 1 N–H and O–H groups in total. The largest absolute Gasteiger partial charge is 0.378 e. The van der Waals surface area contributed by atoms with Gasteiger partial charge in [0.1, 0.15) is 5.69 Å². The highest BCUT2D eigenvalue weighted by Gasteiger charge is 2.21. The summed E-state index contributed by atoms with van der Waals surface area (Å²) in [5.41, 5.74) is 0.358. The van der Waals surface area contributed by atoms with Crippen molar-refractivity contribution in [2.24, 2.45) is 0 Å². The molecule has 2 heterocycles. The number of rotatable bonds is 2. The molecule has 0 radical (unpaired) electrons. The third-order valence-electron chi connectivity index (χ3n) is 2.77. The maximum absolute atomic E-state index is 11.9. The maximum atomic E-state index is 11.9. The Morgan fingerprint density at radius 1 is 1.65 bits per heavy atom. The molecule has 17 heavy (non-hydrogen) atoms. The summed E-state index contributed by atoms with van der Waals surface area (Å²) in [5.74, 6) is -0.174. The summed E-state index contributed by atoms with van der Waals surface area (Å²) in [5, 5.41) is 3.47. The van der Waals surface area contributed by atoms with Crippen LogP contribution in [0.3, 0.4) is 0 Å². The van der Waals surface area contributed by atoms with Gasteiger partial charge in [0.2, 0.25) is 0 Å². The minimum absolute atomic E-state index is 0.159. The van der Waals surface area contributed by atoms with Crippen molar-refractivity contribution in [3.05, 3.63) is 29.0 Å². The summed E-state index contributed by atoms with van der Waals surface area (Å²) in [4.78, 5) is 15.9. The van der Waals surface area contributed by atoms with Crippen LogP contribution in [0.5, 0.6) is 0 Å². The number of amides is 1. The van der Waals surface area contributed by atoms with Gasteiger partial charge < -0.3 is 10.1 Å². The third kappa shape index (κ3) is 3.41. The summed E-state index contributed by atoms with van der Waals surface area (Å²) in [7, 11) is 0. The first kappa shape index (κ1) is 12.3. The molecule has 92 valence electrons. The van der Waals surface area contributed by atoms with Gasteiger partial charge in [0, 0.05) is 23.9 Å². The number of halogens is 1. The van der Waals surface area contributed by atoms with E-state index in [1.807, 2.05) is 6.92 Å². The molecule has 1 aliphatic heterocycles. The zero-order valence-corrected chi connectivity index (χ0v) is 10.4. The van der Waals surface area contributed by atoms with Crippen LogP contribution in [0, 0.1) is 0 Å². The number of nitrogens with zero attached hydrogens (tertiary/aromatic N) is 1. The molecule has 1 fully saturated rings. The van der Waals surface area contributed by atoms with E-state index in [2.05, 4.69) is 10.3 Å². The second kappa shape index (κ2) is 5.47. The van der Waals surface area contributed by atoms with Crippen molar-refractivity contribution >= 4 is 17.5 Å². The fraction of sp³-hybridized carbons (Fsp3) is 0.500. The van der Waals surface area contributed by atoms with Gasteiger partial charge in [0.15, 0.2) is 0 Å². The summed E-state index contributed by atoms with van der Waals surface area (Å²) in [6.45, 7) is 2.70. The molecule has 1 amide bonds. The van der Waals surface area contributed by atoms with Crippen molar-refractivity contribution in [2.45, 2.75) is 31.9 Å². The highest BCUT2D eigenvalue weighted by Crippen LogP contribution is 2.14. The van der Waals surface area contributed by atoms with Gasteiger partial charge in [0.05, 0.1) is 6.10 Å². The van der Waals surface area contributed by atoms with Crippen LogP contribution >= 0.6 is 11.6 Å². The number of carbonyl (C=O) groups excluding carboxylic acids is 1. The van der Waals surface area contributed by atoms with Crippen LogP contribution in [0.2, 0.25) is 5.02 Å². The normalized spacial score (nSPS) is 24.4. The minimum atomic E-state index is -0.174. The van der Waals surface area contributed by atoms with Crippen molar-refractivity contribution in [1.82, 2.24) is 10.3 Å². The SMILES string of the molecule is CC1CC(NC(=O)c2cc(Cl)ccn2)CCO1. The van der Waals surface area contributed by atoms with E-state index in [0.29, 0.717) is 17.3 Å². The van der Waals surface area contributed by atoms with E-state index in [-0.39, 0.29) is 18.1 Å². The molecule has 4 nitrogen and oxygen atoms in total. The maximum Gasteiger partial charge on any atom is 0.270 e. The summed E-state index contributed by atoms with van der Waals surface area (Å²) in [6, 6.07) is 3.38. The van der Waals surface area contributed by atoms with Crippen molar-refractivity contribution in [1.29, 1.82) is 0 Å². The lowest BCUT2D eigenvalue weighted by atomic mass is 10.0. The average Bonchev–Trinajstić information content (AvgIpc) is 2.29. The smallest absolute Gasteiger partial charge is 0.270 e. The lowest BCUT2D eigenvalue weighted by molar-refractivity contribution is 0.0136. The van der Waals surface area contributed by atoms with Gasteiger partial charge in [-0.05, 0) is 31.9 Å². The highest BCUT2D eigenvalue weighted by molar-refractivity contribution is 6.30. The number of carbonyl (C=O) groups is 1. The molecule has 0 bridgehead atoms. The lowest BCUT2D eigenvalue weighted by Crippen LogP contribution is -2.41. The van der Waals surface area contributed by atoms with Crippen molar-refractivity contribution in [3.8, 4) is 0 Å². The van der Waals surface area contributed by atoms with E-state index < -0.39 is 0 Å². The molecule has 0 aliphatic carbocycles. The summed E-state index contributed by atoms with van der Waals surface area (Å²) < 4.78 is 5.43. The number of ether oxygens (including phenoxy) is 1. The van der Waals surface area contributed by atoms with Crippen LogP contribution in [0.4, 0.5) is 0 Å². The predicted molar refractivity (Wildman–Crippen MR) is 65.1 cm³/mol. The fourth-order valence-corrected chi connectivity index (χ4v) is 2.08. The second-order valence-electron chi connectivity index (χ2n) is 4.24. The van der Waals surface area contributed by atoms with Crippen LogP contribution in [0.15, 0.2) is 18.3 Å². The molecule has 2 unspecified atom stereocenters. The minimum Gasteiger partial charge on any atom is -0.378 e. The monoisotopic (exact) mass is 254 g/mol. The Morgan fingerprint density at radius 2 is 2.47 bits per heavy atom. The van der Waals surface area contributed by atoms with Gasteiger partial charge in [-0.2, -0.15) is 0 Å². The molecule has 0 spiro atoms. The fourth-order valence-electron chi connectivity index (χ4n) is 1.92. The van der Waals surface area contributed by atoms with Crippen LogP contribution in [0.25, 0.3) is 0 Å². The average molecular weight is 255 g/mol. The molecule has 5 heteroatoms. The standard InChI is InChI=1S/C12H15ClN2O2/c1-8-6-10(3-5-17-8)15-12(16)11-7-9(13)2-4-14-11/h2,4,7-8,10H,3,5-6H2,1H3,(H,15,16). The second-order valence-corrected chi connectivity index (χ2v) is 4.67. The molecule has 2 rings (SSSR count). The van der Waals surface area contributed by atoms with Crippen molar-refractivity contribution in [3.63, 3.8) is 0 Å². The zero-order valence-electron chi connectivity index (χ0n) is 9.65. The van der Waals surface area contributed by atoms with Gasteiger partial charge in [0.25, 0.3) is 5.91 Å². The molecule has 1 aliphatic rings. The molecule has 1 saturated heterocycles. The van der Waals surface area contributed by atoms with E-state index in [0.717, 1.165) is 12.8 Å². The van der Waals surface area contributed by atoms with Gasteiger partial charge in [-0.1, -0.05) is 11.6 Å². The Morgan fingerprint density at radius 3 is 3.18 bits per heavy atom. The van der Waals surface area contributed by atoms with Crippen LogP contribution < -0.4 is 5.32 Å². The first-order valence-electron chi connectivity index (χ1n) is 5.69. The Hall–Kier alpha value is -1.13. The molecule has 0 aromatic carbocycles.